The van der Waals surface area contributed by atoms with Gasteiger partial charge >= 0.3 is 0 Å². The lowest BCUT2D eigenvalue weighted by Gasteiger charge is -2.07. The van der Waals surface area contributed by atoms with Crippen molar-refractivity contribution < 1.29 is 0 Å². The van der Waals surface area contributed by atoms with Gasteiger partial charge in [-0.05, 0) is 41.3 Å². The molecule has 0 N–H and O–H groups in total. The summed E-state index contributed by atoms with van der Waals surface area (Å²) in [4.78, 5) is 0. The predicted octanol–water partition coefficient (Wildman–Crippen LogP) is 4.25. The van der Waals surface area contributed by atoms with Gasteiger partial charge in [-0.2, -0.15) is 0 Å². The Kier molecular flexibility index (Phi) is 2.45. The monoisotopic (exact) mass is 220 g/mol. The van der Waals surface area contributed by atoms with Crippen LogP contribution in [0.1, 0.15) is 6.92 Å². The molecular weight excluding hydrogens is 206 g/mol. The smallest absolute Gasteiger partial charge is 0.0652 e. The number of hydrogen-bond acceptors (Lipinski definition) is 0. The summed E-state index contributed by atoms with van der Waals surface area (Å²) in [5.41, 5.74) is 1.09. The van der Waals surface area contributed by atoms with Gasteiger partial charge < -0.3 is 0 Å². The van der Waals surface area contributed by atoms with Gasteiger partial charge in [0.1, 0.15) is 0 Å². The molecule has 0 unspecified atom stereocenters. The van der Waals surface area contributed by atoms with Crippen molar-refractivity contribution in [3.8, 4) is 0 Å². The highest BCUT2D eigenvalue weighted by Gasteiger charge is 2.02. The Labute approximate surface area is 101 Å². The number of nitrogens with zero attached hydrogens (tertiary/aromatic N) is 1. The zero-order chi connectivity index (χ0) is 11.7. The fourth-order valence-electron chi connectivity index (χ4n) is 2.26. The zero-order valence-corrected chi connectivity index (χ0v) is 9.85. The number of benzene rings is 3. The van der Waals surface area contributed by atoms with Gasteiger partial charge in [-0.15, -0.1) is 0 Å². The van der Waals surface area contributed by atoms with Gasteiger partial charge in [-0.3, -0.25) is 5.32 Å². The maximum atomic E-state index is 4.54. The van der Waals surface area contributed by atoms with E-state index in [1.165, 1.54) is 21.5 Å². The van der Waals surface area contributed by atoms with Crippen LogP contribution in [0, 0.1) is 0 Å². The normalized spacial score (nSPS) is 10.9. The molecule has 3 rings (SSSR count). The molecule has 1 radical (unpaired) electrons. The Morgan fingerprint density at radius 2 is 1.53 bits per heavy atom. The van der Waals surface area contributed by atoms with Crippen molar-refractivity contribution in [2.24, 2.45) is 0 Å². The molecule has 0 bridgehead atoms. The molecule has 0 fully saturated rings. The molecule has 1 heteroatoms. The molecule has 83 valence electrons. The van der Waals surface area contributed by atoms with Gasteiger partial charge in [0, 0.05) is 11.9 Å². The summed E-state index contributed by atoms with van der Waals surface area (Å²) in [6.45, 7) is 2.89. The van der Waals surface area contributed by atoms with Crippen molar-refractivity contribution in [2.45, 2.75) is 6.92 Å². The Bertz CT molecular complexity index is 670. The standard InChI is InChI=1S/C16H14N/c1-2-17-16-9-5-8-14-10-12-6-3-4-7-13(12)11-15(14)16/h3-11H,2H2,1H3. The van der Waals surface area contributed by atoms with E-state index in [0.717, 1.165) is 12.2 Å². The summed E-state index contributed by atoms with van der Waals surface area (Å²) < 4.78 is 0. The molecule has 3 aromatic rings. The number of rotatable bonds is 2. The Morgan fingerprint density at radius 1 is 0.824 bits per heavy atom. The lowest BCUT2D eigenvalue weighted by atomic mass is 10.0. The fraction of sp³-hybridized carbons (Fsp3) is 0.125. The van der Waals surface area contributed by atoms with E-state index >= 15 is 0 Å². The van der Waals surface area contributed by atoms with Crippen molar-refractivity contribution in [1.82, 2.24) is 5.32 Å². The molecular formula is C16H14N. The van der Waals surface area contributed by atoms with Crippen molar-refractivity contribution in [2.75, 3.05) is 6.54 Å². The van der Waals surface area contributed by atoms with Crippen LogP contribution in [0.25, 0.3) is 21.5 Å². The van der Waals surface area contributed by atoms with Crippen molar-refractivity contribution in [3.63, 3.8) is 0 Å². The molecule has 0 heterocycles. The van der Waals surface area contributed by atoms with E-state index in [1.54, 1.807) is 0 Å². The van der Waals surface area contributed by atoms with E-state index in [1.807, 2.05) is 0 Å². The van der Waals surface area contributed by atoms with Crippen LogP contribution in [0.15, 0.2) is 54.6 Å². The van der Waals surface area contributed by atoms with E-state index < -0.39 is 0 Å². The van der Waals surface area contributed by atoms with Crippen LogP contribution < -0.4 is 5.32 Å². The van der Waals surface area contributed by atoms with Crippen LogP contribution >= 0.6 is 0 Å². The van der Waals surface area contributed by atoms with E-state index in [2.05, 4.69) is 66.8 Å². The zero-order valence-electron chi connectivity index (χ0n) is 9.85. The summed E-state index contributed by atoms with van der Waals surface area (Å²) in [7, 11) is 0. The summed E-state index contributed by atoms with van der Waals surface area (Å²) in [5, 5.41) is 9.61. The van der Waals surface area contributed by atoms with Gasteiger partial charge in [0.15, 0.2) is 0 Å². The maximum Gasteiger partial charge on any atom is 0.0652 e. The first-order valence-corrected chi connectivity index (χ1v) is 5.97. The average Bonchev–Trinajstić information content (AvgIpc) is 2.37. The third kappa shape index (κ3) is 1.74. The first kappa shape index (κ1) is 10.2. The van der Waals surface area contributed by atoms with Crippen LogP contribution in [-0.4, -0.2) is 6.54 Å². The third-order valence-corrected chi connectivity index (χ3v) is 3.05. The van der Waals surface area contributed by atoms with Crippen LogP contribution in [0.2, 0.25) is 0 Å². The lowest BCUT2D eigenvalue weighted by molar-refractivity contribution is 0.919. The van der Waals surface area contributed by atoms with E-state index in [4.69, 9.17) is 0 Å². The van der Waals surface area contributed by atoms with Crippen LogP contribution in [0.3, 0.4) is 0 Å². The quantitative estimate of drug-likeness (QED) is 0.573. The van der Waals surface area contributed by atoms with Gasteiger partial charge in [0.25, 0.3) is 0 Å². The summed E-state index contributed by atoms with van der Waals surface area (Å²) in [6.07, 6.45) is 0. The Balaban J connectivity index is 2.35. The molecule has 0 aliphatic heterocycles. The summed E-state index contributed by atoms with van der Waals surface area (Å²) >= 11 is 0. The van der Waals surface area contributed by atoms with Crippen LogP contribution in [0.4, 0.5) is 5.69 Å². The second kappa shape index (κ2) is 4.10. The van der Waals surface area contributed by atoms with Crippen molar-refractivity contribution >= 4 is 27.2 Å². The summed E-state index contributed by atoms with van der Waals surface area (Å²) in [6, 6.07) is 19.2. The molecule has 0 amide bonds. The minimum Gasteiger partial charge on any atom is -0.285 e. The van der Waals surface area contributed by atoms with E-state index in [0.29, 0.717) is 0 Å². The molecule has 0 aromatic heterocycles. The number of hydrogen-bond donors (Lipinski definition) is 0. The van der Waals surface area contributed by atoms with Gasteiger partial charge in [-0.1, -0.05) is 36.4 Å². The van der Waals surface area contributed by atoms with Gasteiger partial charge in [-0.25, -0.2) is 0 Å². The molecule has 3 aromatic carbocycles. The number of fused-ring (bicyclic) bond motifs is 2. The second-order valence-corrected chi connectivity index (χ2v) is 4.17. The molecule has 0 aliphatic rings. The minimum absolute atomic E-state index is 0.825. The largest absolute Gasteiger partial charge is 0.285 e. The predicted molar refractivity (Wildman–Crippen MR) is 73.8 cm³/mol. The van der Waals surface area contributed by atoms with Crippen LogP contribution in [-0.2, 0) is 0 Å². The third-order valence-electron chi connectivity index (χ3n) is 3.05. The molecule has 17 heavy (non-hydrogen) atoms. The molecule has 0 atom stereocenters. The van der Waals surface area contributed by atoms with E-state index in [-0.39, 0.29) is 0 Å². The lowest BCUT2D eigenvalue weighted by Crippen LogP contribution is -1.95. The Hall–Kier alpha value is -2.02. The molecule has 0 aliphatic carbocycles. The van der Waals surface area contributed by atoms with Crippen molar-refractivity contribution in [3.05, 3.63) is 54.6 Å². The minimum atomic E-state index is 0.825. The second-order valence-electron chi connectivity index (χ2n) is 4.17. The molecule has 0 spiro atoms. The van der Waals surface area contributed by atoms with Crippen molar-refractivity contribution in [1.29, 1.82) is 0 Å². The first-order chi connectivity index (χ1) is 8.38. The highest BCUT2D eigenvalue weighted by atomic mass is 14.9. The maximum absolute atomic E-state index is 4.54. The van der Waals surface area contributed by atoms with Gasteiger partial charge in [0.05, 0.1) is 5.69 Å². The summed E-state index contributed by atoms with van der Waals surface area (Å²) in [5.74, 6) is 0. The van der Waals surface area contributed by atoms with E-state index in [9.17, 15) is 0 Å². The van der Waals surface area contributed by atoms with Gasteiger partial charge in [0.2, 0.25) is 0 Å². The Morgan fingerprint density at radius 3 is 2.29 bits per heavy atom. The fourth-order valence-corrected chi connectivity index (χ4v) is 2.26. The molecule has 1 nitrogen and oxygen atoms in total. The first-order valence-electron chi connectivity index (χ1n) is 5.97. The molecule has 0 saturated heterocycles. The highest BCUT2D eigenvalue weighted by Crippen LogP contribution is 2.28. The SMILES string of the molecule is CC[N]c1cccc2cc3ccccc3cc12. The molecule has 0 saturated carbocycles. The average molecular weight is 220 g/mol. The highest BCUT2D eigenvalue weighted by molar-refractivity contribution is 6.02. The van der Waals surface area contributed by atoms with Crippen LogP contribution in [0.5, 0.6) is 0 Å². The topological polar surface area (TPSA) is 14.1 Å².